The number of hydrogen-bond acceptors (Lipinski definition) is 1. The molecule has 2 N–H and O–H groups in total. The summed E-state index contributed by atoms with van der Waals surface area (Å²) in [5, 5.41) is 0. The molecular weight excluding hydrogens is 331 g/mol. The summed E-state index contributed by atoms with van der Waals surface area (Å²) < 4.78 is 1.91. The van der Waals surface area contributed by atoms with E-state index in [0.29, 0.717) is 5.84 Å². The summed E-state index contributed by atoms with van der Waals surface area (Å²) in [6.45, 7) is 2.01. The average molecular weight is 340 g/mol. The van der Waals surface area contributed by atoms with Gasteiger partial charge in [-0.1, -0.05) is 15.9 Å². The minimum absolute atomic E-state index is 0.234. The minimum atomic E-state index is 0.234. The van der Waals surface area contributed by atoms with Crippen LogP contribution in [-0.4, -0.2) is 11.7 Å². The lowest BCUT2D eigenvalue weighted by Gasteiger charge is -2.03. The second-order valence-corrected chi connectivity index (χ2v) is 4.77. The standard InChI is InChI=1S/C9H9Br2ClN2/c1-5-2-7(11)8(3-6(5)10)14-9(13)4-12/h2-3H,4H2,1H3,(H2,13,14). The molecule has 1 rings (SSSR count). The fourth-order valence-electron chi connectivity index (χ4n) is 0.906. The maximum Gasteiger partial charge on any atom is 0.115 e. The highest BCUT2D eigenvalue weighted by atomic mass is 79.9. The topological polar surface area (TPSA) is 38.4 Å². The van der Waals surface area contributed by atoms with Crippen LogP contribution in [0.25, 0.3) is 0 Å². The lowest BCUT2D eigenvalue weighted by Crippen LogP contribution is -2.12. The van der Waals surface area contributed by atoms with Crippen LogP contribution < -0.4 is 5.73 Å². The van der Waals surface area contributed by atoms with E-state index < -0.39 is 0 Å². The maximum atomic E-state index is 5.54. The summed E-state index contributed by atoms with van der Waals surface area (Å²) in [7, 11) is 0. The Bertz CT molecular complexity index is 377. The van der Waals surface area contributed by atoms with Crippen LogP contribution >= 0.6 is 43.5 Å². The van der Waals surface area contributed by atoms with Crippen LogP contribution in [0.4, 0.5) is 5.69 Å². The van der Waals surface area contributed by atoms with Crippen molar-refractivity contribution < 1.29 is 0 Å². The third-order valence-electron chi connectivity index (χ3n) is 1.63. The Hall–Kier alpha value is -0.0600. The molecule has 0 spiro atoms. The zero-order chi connectivity index (χ0) is 10.7. The van der Waals surface area contributed by atoms with Gasteiger partial charge in [0.2, 0.25) is 0 Å². The van der Waals surface area contributed by atoms with Crippen molar-refractivity contribution in [3.8, 4) is 0 Å². The first-order valence-corrected chi connectivity index (χ1v) is 6.01. The van der Waals surface area contributed by atoms with Gasteiger partial charge in [0.15, 0.2) is 0 Å². The van der Waals surface area contributed by atoms with E-state index in [-0.39, 0.29) is 5.88 Å². The molecule has 0 bridgehead atoms. The molecule has 2 nitrogen and oxygen atoms in total. The number of nitrogens with zero attached hydrogens (tertiary/aromatic N) is 1. The number of alkyl halides is 1. The molecule has 0 amide bonds. The van der Waals surface area contributed by atoms with Crippen LogP contribution in [0, 0.1) is 6.92 Å². The molecule has 0 aliphatic rings. The van der Waals surface area contributed by atoms with E-state index in [1.807, 2.05) is 19.1 Å². The Kier molecular flexibility index (Phi) is 4.41. The highest BCUT2D eigenvalue weighted by Crippen LogP contribution is 2.31. The molecule has 0 unspecified atom stereocenters. The summed E-state index contributed by atoms with van der Waals surface area (Å²) >= 11 is 12.4. The number of amidine groups is 1. The van der Waals surface area contributed by atoms with Crippen LogP contribution in [0.5, 0.6) is 0 Å². The van der Waals surface area contributed by atoms with Gasteiger partial charge >= 0.3 is 0 Å². The van der Waals surface area contributed by atoms with Crippen LogP contribution in [0.1, 0.15) is 5.56 Å². The lowest BCUT2D eigenvalue weighted by molar-refractivity contribution is 1.36. The summed E-state index contributed by atoms with van der Waals surface area (Å²) in [5.41, 5.74) is 7.46. The van der Waals surface area contributed by atoms with E-state index in [4.69, 9.17) is 17.3 Å². The quantitative estimate of drug-likeness (QED) is 0.497. The molecule has 0 saturated carbocycles. The van der Waals surface area contributed by atoms with E-state index in [2.05, 4.69) is 36.9 Å². The predicted molar refractivity (Wildman–Crippen MR) is 68.6 cm³/mol. The summed E-state index contributed by atoms with van der Waals surface area (Å²) in [4.78, 5) is 4.16. The largest absolute Gasteiger partial charge is 0.386 e. The normalized spacial score (nSPS) is 11.9. The van der Waals surface area contributed by atoms with Crippen LogP contribution in [-0.2, 0) is 0 Å². The Balaban J connectivity index is 3.16. The second kappa shape index (κ2) is 5.14. The van der Waals surface area contributed by atoms with Crippen LogP contribution in [0.3, 0.4) is 0 Å². The molecule has 1 aromatic rings. The highest BCUT2D eigenvalue weighted by molar-refractivity contribution is 9.11. The van der Waals surface area contributed by atoms with Gasteiger partial charge in [-0.3, -0.25) is 0 Å². The second-order valence-electron chi connectivity index (χ2n) is 2.79. The molecule has 0 saturated heterocycles. The highest BCUT2D eigenvalue weighted by Gasteiger charge is 2.03. The maximum absolute atomic E-state index is 5.54. The zero-order valence-electron chi connectivity index (χ0n) is 7.52. The van der Waals surface area contributed by atoms with E-state index >= 15 is 0 Å². The molecule has 0 heterocycles. The van der Waals surface area contributed by atoms with Crippen molar-refractivity contribution in [3.05, 3.63) is 26.6 Å². The molecule has 0 aliphatic heterocycles. The molecule has 0 aliphatic carbocycles. The van der Waals surface area contributed by atoms with Crippen molar-refractivity contribution in [3.63, 3.8) is 0 Å². The van der Waals surface area contributed by atoms with Gasteiger partial charge in [0, 0.05) is 8.95 Å². The Morgan fingerprint density at radius 2 is 2.07 bits per heavy atom. The summed E-state index contributed by atoms with van der Waals surface area (Å²) in [6.07, 6.45) is 0. The van der Waals surface area contributed by atoms with E-state index in [1.165, 1.54) is 0 Å². The Labute approximate surface area is 105 Å². The average Bonchev–Trinajstić information content (AvgIpc) is 2.14. The number of aryl methyl sites for hydroxylation is 1. The van der Waals surface area contributed by atoms with E-state index in [1.54, 1.807) is 0 Å². The third kappa shape index (κ3) is 2.97. The van der Waals surface area contributed by atoms with Crippen LogP contribution in [0.2, 0.25) is 0 Å². The smallest absolute Gasteiger partial charge is 0.115 e. The number of halogens is 3. The molecule has 14 heavy (non-hydrogen) atoms. The first kappa shape index (κ1) is 12.0. The number of aliphatic imine (C=N–C) groups is 1. The molecule has 76 valence electrons. The van der Waals surface area contributed by atoms with Gasteiger partial charge in [0.1, 0.15) is 5.84 Å². The van der Waals surface area contributed by atoms with Crippen molar-refractivity contribution in [2.24, 2.45) is 10.7 Å². The zero-order valence-corrected chi connectivity index (χ0v) is 11.4. The van der Waals surface area contributed by atoms with Gasteiger partial charge in [-0.15, -0.1) is 11.6 Å². The lowest BCUT2D eigenvalue weighted by atomic mass is 10.2. The predicted octanol–water partition coefficient (Wildman–Crippen LogP) is 3.75. The van der Waals surface area contributed by atoms with Crippen LogP contribution in [0.15, 0.2) is 26.1 Å². The van der Waals surface area contributed by atoms with Crippen molar-refractivity contribution in [2.45, 2.75) is 6.92 Å². The molecule has 0 atom stereocenters. The van der Waals surface area contributed by atoms with Gasteiger partial charge in [-0.2, -0.15) is 0 Å². The number of rotatable bonds is 2. The third-order valence-corrected chi connectivity index (χ3v) is 3.39. The summed E-state index contributed by atoms with van der Waals surface area (Å²) in [6, 6.07) is 3.88. The number of hydrogen-bond donors (Lipinski definition) is 1. The fourth-order valence-corrected chi connectivity index (χ4v) is 1.84. The number of benzene rings is 1. The van der Waals surface area contributed by atoms with Gasteiger partial charge in [0.05, 0.1) is 11.6 Å². The van der Waals surface area contributed by atoms with Crippen molar-refractivity contribution in [1.29, 1.82) is 0 Å². The molecule has 0 radical (unpaired) electrons. The van der Waals surface area contributed by atoms with Gasteiger partial charge in [-0.05, 0) is 40.5 Å². The Morgan fingerprint density at radius 1 is 1.43 bits per heavy atom. The van der Waals surface area contributed by atoms with Gasteiger partial charge < -0.3 is 5.73 Å². The fraction of sp³-hybridized carbons (Fsp3) is 0.222. The molecule has 0 aromatic heterocycles. The monoisotopic (exact) mass is 338 g/mol. The van der Waals surface area contributed by atoms with Crippen molar-refractivity contribution in [2.75, 3.05) is 5.88 Å². The molecule has 5 heteroatoms. The summed E-state index contributed by atoms with van der Waals surface area (Å²) in [5.74, 6) is 0.640. The molecule has 0 fully saturated rings. The van der Waals surface area contributed by atoms with Gasteiger partial charge in [-0.25, -0.2) is 4.99 Å². The SMILES string of the molecule is Cc1cc(Br)c(N=C(N)CCl)cc1Br. The Morgan fingerprint density at radius 3 is 2.64 bits per heavy atom. The minimum Gasteiger partial charge on any atom is -0.386 e. The van der Waals surface area contributed by atoms with Crippen molar-refractivity contribution >= 4 is 55.0 Å². The molecule has 1 aromatic carbocycles. The van der Waals surface area contributed by atoms with Crippen molar-refractivity contribution in [1.82, 2.24) is 0 Å². The van der Waals surface area contributed by atoms with Gasteiger partial charge in [0.25, 0.3) is 0 Å². The van der Waals surface area contributed by atoms with E-state index in [0.717, 1.165) is 20.2 Å². The molecular formula is C9H9Br2ClN2. The first-order chi connectivity index (χ1) is 6.54. The number of nitrogens with two attached hydrogens (primary N) is 1. The van der Waals surface area contributed by atoms with E-state index in [9.17, 15) is 0 Å². The first-order valence-electron chi connectivity index (χ1n) is 3.89.